The monoisotopic (exact) mass is 364 g/mol. The van der Waals surface area contributed by atoms with Gasteiger partial charge in [0.25, 0.3) is 0 Å². The van der Waals surface area contributed by atoms with E-state index in [2.05, 4.69) is 11.1 Å². The van der Waals surface area contributed by atoms with Crippen LogP contribution in [-0.2, 0) is 17.6 Å². The molecule has 0 saturated carbocycles. The number of anilines is 2. The number of methoxy groups -OCH3 is 1. The SMILES string of the molecule is COc1ccc2c(c1)CC(C)(C(=O)N(c1ccccc1)c1nccs1)C2. The number of rotatable bonds is 4. The first-order valence-electron chi connectivity index (χ1n) is 8.56. The molecular weight excluding hydrogens is 344 g/mol. The maximum absolute atomic E-state index is 13.7. The molecule has 4 nitrogen and oxygen atoms in total. The van der Waals surface area contributed by atoms with Crippen LogP contribution in [-0.4, -0.2) is 18.0 Å². The van der Waals surface area contributed by atoms with Crippen molar-refractivity contribution in [3.05, 3.63) is 71.2 Å². The third-order valence-electron chi connectivity index (χ3n) is 4.92. The Kier molecular flexibility index (Phi) is 4.24. The fourth-order valence-corrected chi connectivity index (χ4v) is 4.27. The lowest BCUT2D eigenvalue weighted by Crippen LogP contribution is -2.40. The average Bonchev–Trinajstić information content (AvgIpc) is 3.29. The van der Waals surface area contributed by atoms with E-state index in [1.165, 1.54) is 22.5 Å². The van der Waals surface area contributed by atoms with Gasteiger partial charge in [-0.2, -0.15) is 0 Å². The maximum atomic E-state index is 13.7. The van der Waals surface area contributed by atoms with Crippen molar-refractivity contribution in [2.45, 2.75) is 19.8 Å². The second-order valence-electron chi connectivity index (χ2n) is 6.84. The van der Waals surface area contributed by atoms with Crippen molar-refractivity contribution in [1.82, 2.24) is 4.98 Å². The molecule has 1 amide bonds. The van der Waals surface area contributed by atoms with Crippen molar-refractivity contribution >= 4 is 28.1 Å². The Morgan fingerprint density at radius 1 is 1.15 bits per heavy atom. The molecule has 132 valence electrons. The standard InChI is InChI=1S/C21H20N2O2S/c1-21(13-15-8-9-18(25-2)12-16(15)14-21)19(24)23(20-22-10-11-26-20)17-6-4-3-5-7-17/h3-12H,13-14H2,1-2H3. The third-order valence-corrected chi connectivity index (χ3v) is 5.68. The number of benzene rings is 2. The molecule has 0 fully saturated rings. The minimum absolute atomic E-state index is 0.0776. The highest BCUT2D eigenvalue weighted by atomic mass is 32.1. The number of amides is 1. The van der Waals surface area contributed by atoms with Crippen LogP contribution in [0.5, 0.6) is 5.75 Å². The van der Waals surface area contributed by atoms with E-state index in [1.807, 2.05) is 54.8 Å². The van der Waals surface area contributed by atoms with Crippen LogP contribution in [0.3, 0.4) is 0 Å². The van der Waals surface area contributed by atoms with Gasteiger partial charge < -0.3 is 4.74 Å². The Morgan fingerprint density at radius 2 is 1.92 bits per heavy atom. The number of ether oxygens (including phenoxy) is 1. The van der Waals surface area contributed by atoms with Gasteiger partial charge >= 0.3 is 0 Å². The van der Waals surface area contributed by atoms with Gasteiger partial charge in [-0.25, -0.2) is 4.98 Å². The fourth-order valence-electron chi connectivity index (χ4n) is 3.61. The van der Waals surface area contributed by atoms with Crippen LogP contribution in [0.2, 0.25) is 0 Å². The Labute approximate surface area is 157 Å². The number of nitrogens with zero attached hydrogens (tertiary/aromatic N) is 2. The van der Waals surface area contributed by atoms with Crippen LogP contribution in [0.1, 0.15) is 18.1 Å². The largest absolute Gasteiger partial charge is 0.497 e. The Bertz CT molecular complexity index is 924. The first-order chi connectivity index (χ1) is 12.6. The van der Waals surface area contributed by atoms with E-state index in [1.54, 1.807) is 18.2 Å². The number of carbonyl (C=O) groups excluding carboxylic acids is 1. The number of thiazole rings is 1. The second kappa shape index (κ2) is 6.57. The maximum Gasteiger partial charge on any atom is 0.239 e. The molecule has 1 aromatic heterocycles. The van der Waals surface area contributed by atoms with Crippen LogP contribution >= 0.6 is 11.3 Å². The molecule has 1 aliphatic rings. The predicted octanol–water partition coefficient (Wildman–Crippen LogP) is 4.62. The topological polar surface area (TPSA) is 42.4 Å². The molecule has 0 aliphatic heterocycles. The van der Waals surface area contributed by atoms with Gasteiger partial charge in [0, 0.05) is 11.6 Å². The molecule has 0 saturated heterocycles. The minimum Gasteiger partial charge on any atom is -0.497 e. The van der Waals surface area contributed by atoms with E-state index in [-0.39, 0.29) is 5.91 Å². The van der Waals surface area contributed by atoms with Gasteiger partial charge in [0.2, 0.25) is 5.91 Å². The predicted molar refractivity (Wildman–Crippen MR) is 104 cm³/mol. The summed E-state index contributed by atoms with van der Waals surface area (Å²) in [5.74, 6) is 0.911. The Hall–Kier alpha value is -2.66. The summed E-state index contributed by atoms with van der Waals surface area (Å²) in [5.41, 5.74) is 2.75. The summed E-state index contributed by atoms with van der Waals surface area (Å²) in [6, 6.07) is 15.8. The van der Waals surface area contributed by atoms with Crippen molar-refractivity contribution in [2.24, 2.45) is 5.41 Å². The number of aromatic nitrogens is 1. The molecule has 1 atom stereocenters. The average molecular weight is 364 g/mol. The van der Waals surface area contributed by atoms with Gasteiger partial charge in [-0.05, 0) is 48.2 Å². The van der Waals surface area contributed by atoms with E-state index in [0.717, 1.165) is 17.9 Å². The molecule has 0 radical (unpaired) electrons. The van der Waals surface area contributed by atoms with Crippen molar-refractivity contribution in [2.75, 3.05) is 12.0 Å². The van der Waals surface area contributed by atoms with Gasteiger partial charge in [-0.3, -0.25) is 9.69 Å². The first kappa shape index (κ1) is 16.8. The molecule has 5 heteroatoms. The molecule has 0 spiro atoms. The molecule has 0 bridgehead atoms. The Balaban J connectivity index is 1.70. The highest BCUT2D eigenvalue weighted by molar-refractivity contribution is 7.13. The molecule has 1 heterocycles. The summed E-state index contributed by atoms with van der Waals surface area (Å²) < 4.78 is 5.34. The number of hydrogen-bond acceptors (Lipinski definition) is 4. The molecule has 3 aromatic rings. The number of hydrogen-bond donors (Lipinski definition) is 0. The zero-order valence-electron chi connectivity index (χ0n) is 14.8. The normalized spacial score (nSPS) is 18.4. The van der Waals surface area contributed by atoms with Crippen LogP contribution in [0.15, 0.2) is 60.1 Å². The lowest BCUT2D eigenvalue weighted by Gasteiger charge is -2.30. The van der Waals surface area contributed by atoms with Crippen LogP contribution in [0.25, 0.3) is 0 Å². The smallest absolute Gasteiger partial charge is 0.239 e. The lowest BCUT2D eigenvalue weighted by molar-refractivity contribution is -0.126. The molecule has 0 N–H and O–H groups in total. The second-order valence-corrected chi connectivity index (χ2v) is 7.71. The molecule has 26 heavy (non-hydrogen) atoms. The van der Waals surface area contributed by atoms with E-state index in [9.17, 15) is 4.79 Å². The number of carbonyl (C=O) groups is 1. The van der Waals surface area contributed by atoms with E-state index >= 15 is 0 Å². The van der Waals surface area contributed by atoms with Gasteiger partial charge in [0.1, 0.15) is 5.75 Å². The van der Waals surface area contributed by atoms with E-state index in [0.29, 0.717) is 11.6 Å². The van der Waals surface area contributed by atoms with Crippen molar-refractivity contribution < 1.29 is 9.53 Å². The van der Waals surface area contributed by atoms with Crippen LogP contribution in [0.4, 0.5) is 10.8 Å². The molecular formula is C21H20N2O2S. The summed E-state index contributed by atoms with van der Waals surface area (Å²) in [6.45, 7) is 2.05. The van der Waals surface area contributed by atoms with Crippen molar-refractivity contribution in [1.29, 1.82) is 0 Å². The molecule has 1 aliphatic carbocycles. The molecule has 1 unspecified atom stereocenters. The van der Waals surface area contributed by atoms with Crippen molar-refractivity contribution in [3.63, 3.8) is 0 Å². The van der Waals surface area contributed by atoms with Crippen molar-refractivity contribution in [3.8, 4) is 5.75 Å². The highest BCUT2D eigenvalue weighted by Crippen LogP contribution is 2.42. The first-order valence-corrected chi connectivity index (χ1v) is 9.43. The van der Waals surface area contributed by atoms with Gasteiger partial charge in [0.15, 0.2) is 5.13 Å². The summed E-state index contributed by atoms with van der Waals surface area (Å²) in [4.78, 5) is 19.8. The lowest BCUT2D eigenvalue weighted by atomic mass is 9.85. The zero-order valence-corrected chi connectivity index (χ0v) is 15.6. The highest BCUT2D eigenvalue weighted by Gasteiger charge is 2.43. The van der Waals surface area contributed by atoms with Gasteiger partial charge in [-0.15, -0.1) is 11.3 Å². The fraction of sp³-hybridized carbons (Fsp3) is 0.238. The summed E-state index contributed by atoms with van der Waals surface area (Å²) in [6.07, 6.45) is 3.16. The summed E-state index contributed by atoms with van der Waals surface area (Å²) >= 11 is 1.48. The zero-order chi connectivity index (χ0) is 18.1. The van der Waals surface area contributed by atoms with E-state index < -0.39 is 5.41 Å². The summed E-state index contributed by atoms with van der Waals surface area (Å²) in [7, 11) is 1.67. The summed E-state index contributed by atoms with van der Waals surface area (Å²) in [5, 5.41) is 2.60. The van der Waals surface area contributed by atoms with Crippen LogP contribution in [0, 0.1) is 5.41 Å². The van der Waals surface area contributed by atoms with Gasteiger partial charge in [0.05, 0.1) is 18.2 Å². The van der Waals surface area contributed by atoms with E-state index in [4.69, 9.17) is 4.74 Å². The van der Waals surface area contributed by atoms with Gasteiger partial charge in [-0.1, -0.05) is 31.2 Å². The minimum atomic E-state index is -0.504. The molecule has 4 rings (SSSR count). The quantitative estimate of drug-likeness (QED) is 0.678. The Morgan fingerprint density at radius 3 is 2.62 bits per heavy atom. The third kappa shape index (κ3) is 2.88. The molecule has 2 aromatic carbocycles. The number of fused-ring (bicyclic) bond motifs is 1. The number of para-hydroxylation sites is 1. The van der Waals surface area contributed by atoms with Crippen LogP contribution < -0.4 is 9.64 Å².